The molecule has 1 aromatic rings. The van der Waals surface area contributed by atoms with Crippen molar-refractivity contribution in [2.45, 2.75) is 0 Å². The molecular weight excluding hydrogens is 314 g/mol. The molecule has 0 saturated carbocycles. The van der Waals surface area contributed by atoms with Gasteiger partial charge in [0.1, 0.15) is 0 Å². The van der Waals surface area contributed by atoms with Crippen molar-refractivity contribution in [3.8, 4) is 5.75 Å². The maximum absolute atomic E-state index is 10.4. The molecule has 17 heavy (non-hydrogen) atoms. The predicted molar refractivity (Wildman–Crippen MR) is 56.0 cm³/mol. The molecule has 88 valence electrons. The van der Waals surface area contributed by atoms with Crippen molar-refractivity contribution in [1.29, 1.82) is 0 Å². The Labute approximate surface area is 133 Å². The van der Waals surface area contributed by atoms with Crippen LogP contribution in [0.5, 0.6) is 5.75 Å². The van der Waals surface area contributed by atoms with Crippen LogP contribution in [0.15, 0.2) is 12.1 Å². The van der Waals surface area contributed by atoms with Crippen molar-refractivity contribution in [2.75, 3.05) is 0 Å². The number of nitrogens with zero attached hydrogens (tertiary/aromatic N) is 3. The quantitative estimate of drug-likeness (QED) is 0.495. The van der Waals surface area contributed by atoms with Gasteiger partial charge in [-0.25, -0.2) is 0 Å². The first kappa shape index (κ1) is 15.7. The molecule has 0 fully saturated rings. The SMILES string of the molecule is O=[N+]([O-])c1cc([N+](=O)[O-])c(O)c([N+](=O)[O-])c1.[H-].[H-].[Sr+2]. The van der Waals surface area contributed by atoms with Gasteiger partial charge in [-0.2, -0.15) is 0 Å². The number of phenolic OH excluding ortho intramolecular Hbond substituents is 1. The molecule has 0 aliphatic carbocycles. The van der Waals surface area contributed by atoms with Gasteiger partial charge in [0.05, 0.1) is 26.9 Å². The van der Waals surface area contributed by atoms with E-state index in [4.69, 9.17) is 5.11 Å². The maximum atomic E-state index is 10.4. The van der Waals surface area contributed by atoms with E-state index in [1.165, 1.54) is 0 Å². The van der Waals surface area contributed by atoms with Crippen LogP contribution in [-0.2, 0) is 0 Å². The number of aromatic hydroxyl groups is 1. The topological polar surface area (TPSA) is 150 Å². The van der Waals surface area contributed by atoms with Gasteiger partial charge < -0.3 is 7.96 Å². The van der Waals surface area contributed by atoms with E-state index < -0.39 is 37.6 Å². The maximum Gasteiger partial charge on any atom is 2.00 e. The third kappa shape index (κ3) is 3.33. The van der Waals surface area contributed by atoms with Crippen LogP contribution in [0, 0.1) is 30.3 Å². The van der Waals surface area contributed by atoms with Gasteiger partial charge in [-0.05, 0) is 0 Å². The van der Waals surface area contributed by atoms with E-state index in [1.54, 1.807) is 0 Å². The summed E-state index contributed by atoms with van der Waals surface area (Å²) in [5.74, 6) is -1.21. The Kier molecular flexibility index (Phi) is 5.41. The van der Waals surface area contributed by atoms with Crippen molar-refractivity contribution in [1.82, 2.24) is 0 Å². The average Bonchev–Trinajstić information content (AvgIpc) is 2.16. The van der Waals surface area contributed by atoms with Gasteiger partial charge in [-0.3, -0.25) is 30.3 Å². The van der Waals surface area contributed by atoms with E-state index in [2.05, 4.69) is 0 Å². The zero-order valence-electron chi connectivity index (χ0n) is 10.1. The normalized spacial score (nSPS) is 9.18. The van der Waals surface area contributed by atoms with Crippen LogP contribution in [0.4, 0.5) is 17.1 Å². The predicted octanol–water partition coefficient (Wildman–Crippen LogP) is 0.961. The number of hydrogen-bond donors (Lipinski definition) is 1. The van der Waals surface area contributed by atoms with Gasteiger partial charge in [-0.15, -0.1) is 0 Å². The molecule has 0 bridgehead atoms. The fourth-order valence-corrected chi connectivity index (χ4v) is 0.974. The second kappa shape index (κ2) is 5.86. The zero-order valence-corrected chi connectivity index (χ0v) is 11.6. The third-order valence-corrected chi connectivity index (χ3v) is 1.66. The minimum Gasteiger partial charge on any atom is -1.00 e. The molecule has 1 rings (SSSR count). The molecule has 0 heterocycles. The third-order valence-electron chi connectivity index (χ3n) is 1.66. The minimum atomic E-state index is -1.21. The van der Waals surface area contributed by atoms with Gasteiger partial charge in [0.15, 0.2) is 0 Å². The molecule has 0 amide bonds. The molecule has 0 aliphatic rings. The van der Waals surface area contributed by atoms with Crippen LogP contribution in [0.1, 0.15) is 2.85 Å². The van der Waals surface area contributed by atoms with E-state index >= 15 is 0 Å². The Hall–Kier alpha value is -1.30. The molecule has 0 spiro atoms. The molecule has 0 saturated heterocycles. The second-order valence-electron chi connectivity index (χ2n) is 2.60. The number of rotatable bonds is 3. The number of benzene rings is 1. The fourth-order valence-electron chi connectivity index (χ4n) is 0.974. The number of phenols is 1. The zero-order chi connectivity index (χ0) is 12.5. The van der Waals surface area contributed by atoms with Crippen LogP contribution < -0.4 is 0 Å². The van der Waals surface area contributed by atoms with Gasteiger partial charge >= 0.3 is 56.9 Å². The summed E-state index contributed by atoms with van der Waals surface area (Å²) in [6.45, 7) is 0. The molecule has 0 atom stereocenters. The molecule has 1 aromatic carbocycles. The van der Waals surface area contributed by atoms with E-state index in [0.29, 0.717) is 12.1 Å². The van der Waals surface area contributed by atoms with Crippen molar-refractivity contribution in [3.63, 3.8) is 0 Å². The summed E-state index contributed by atoms with van der Waals surface area (Å²) in [6.07, 6.45) is 0. The summed E-state index contributed by atoms with van der Waals surface area (Å²) in [4.78, 5) is 27.8. The Morgan fingerprint density at radius 3 is 1.53 bits per heavy atom. The first-order chi connectivity index (χ1) is 7.34. The van der Waals surface area contributed by atoms with Crippen LogP contribution in [-0.4, -0.2) is 65.4 Å². The van der Waals surface area contributed by atoms with Crippen LogP contribution in [0.3, 0.4) is 0 Å². The van der Waals surface area contributed by atoms with Crippen LogP contribution in [0.25, 0.3) is 0 Å². The molecule has 1 N–H and O–H groups in total. The van der Waals surface area contributed by atoms with Crippen molar-refractivity contribution in [3.05, 3.63) is 42.5 Å². The minimum absolute atomic E-state index is 0. The number of hydrogen-bond acceptors (Lipinski definition) is 7. The molecule has 10 nitrogen and oxygen atoms in total. The molecule has 0 radical (unpaired) electrons. The summed E-state index contributed by atoms with van der Waals surface area (Å²) in [5.41, 5.74) is -3.00. The molecule has 0 aliphatic heterocycles. The van der Waals surface area contributed by atoms with E-state index in [-0.39, 0.29) is 48.3 Å². The monoisotopic (exact) mass is 319 g/mol. The van der Waals surface area contributed by atoms with Gasteiger partial charge in [0.25, 0.3) is 11.4 Å². The summed E-state index contributed by atoms with van der Waals surface area (Å²) in [5, 5.41) is 40.2. The Morgan fingerprint density at radius 1 is 0.941 bits per heavy atom. The number of nitro groups is 3. The van der Waals surface area contributed by atoms with Crippen molar-refractivity contribution >= 4 is 62.5 Å². The Bertz CT molecular complexity index is 477. The van der Waals surface area contributed by atoms with E-state index in [9.17, 15) is 30.3 Å². The van der Waals surface area contributed by atoms with Crippen molar-refractivity contribution < 1.29 is 22.7 Å². The summed E-state index contributed by atoms with van der Waals surface area (Å²) < 4.78 is 0. The molecular formula is C6H5N3O7Sr. The second-order valence-corrected chi connectivity index (χ2v) is 2.60. The fraction of sp³-hybridized carbons (Fsp3) is 0. The van der Waals surface area contributed by atoms with Crippen molar-refractivity contribution in [2.24, 2.45) is 0 Å². The molecule has 11 heteroatoms. The average molecular weight is 319 g/mol. The first-order valence-electron chi connectivity index (χ1n) is 3.64. The van der Waals surface area contributed by atoms with Gasteiger partial charge in [0, 0.05) is 0 Å². The molecule has 0 aromatic heterocycles. The van der Waals surface area contributed by atoms with Crippen LogP contribution in [0.2, 0.25) is 0 Å². The number of non-ortho nitro benzene ring substituents is 1. The van der Waals surface area contributed by atoms with E-state index in [0.717, 1.165) is 0 Å². The van der Waals surface area contributed by atoms with E-state index in [1.807, 2.05) is 0 Å². The Balaban J connectivity index is -0.000000853. The molecule has 0 unspecified atom stereocenters. The Morgan fingerprint density at radius 2 is 1.29 bits per heavy atom. The van der Waals surface area contributed by atoms with Gasteiger partial charge in [-0.1, -0.05) is 0 Å². The standard InChI is InChI=1S/C6H3N3O7.Sr.2H/c10-6-4(8(13)14)1-3(7(11)12)2-5(6)9(15)16;;;/h1-2,10H;;;/q;+2;2*-1. The summed E-state index contributed by atoms with van der Waals surface area (Å²) in [6, 6.07) is 0.894. The van der Waals surface area contributed by atoms with Gasteiger partial charge in [0.2, 0.25) is 0 Å². The smallest absolute Gasteiger partial charge is 1.00 e. The first-order valence-corrected chi connectivity index (χ1v) is 3.64. The largest absolute Gasteiger partial charge is 2.00 e. The summed E-state index contributed by atoms with van der Waals surface area (Å²) in [7, 11) is 0. The van der Waals surface area contributed by atoms with Crippen LogP contribution >= 0.6 is 0 Å². The summed E-state index contributed by atoms with van der Waals surface area (Å²) >= 11 is 0. The number of nitro benzene ring substituents is 3.